The molecule has 0 bridgehead atoms. The van der Waals surface area contributed by atoms with Crippen LogP contribution in [0, 0.1) is 6.92 Å². The number of benzene rings is 1. The van der Waals surface area contributed by atoms with Crippen molar-refractivity contribution >= 4 is 0 Å². The Hall–Kier alpha value is -1.06. The zero-order chi connectivity index (χ0) is 12.1. The van der Waals surface area contributed by atoms with Gasteiger partial charge < -0.3 is 15.2 Å². The van der Waals surface area contributed by atoms with Crippen LogP contribution in [0.2, 0.25) is 0 Å². The summed E-state index contributed by atoms with van der Waals surface area (Å²) < 4.78 is 11.5. The monoisotopic (exact) mass is 235 g/mol. The van der Waals surface area contributed by atoms with Gasteiger partial charge in [-0.3, -0.25) is 0 Å². The van der Waals surface area contributed by atoms with Gasteiger partial charge in [0.05, 0.1) is 13.2 Å². The van der Waals surface area contributed by atoms with Gasteiger partial charge in [0.25, 0.3) is 0 Å². The molecule has 0 amide bonds. The second-order valence-electron chi connectivity index (χ2n) is 4.53. The van der Waals surface area contributed by atoms with Gasteiger partial charge in [0, 0.05) is 12.8 Å². The summed E-state index contributed by atoms with van der Waals surface area (Å²) in [5.74, 6) is 1.03. The van der Waals surface area contributed by atoms with Crippen molar-refractivity contribution in [3.63, 3.8) is 0 Å². The molecule has 1 aliphatic heterocycles. The zero-order valence-corrected chi connectivity index (χ0v) is 10.4. The van der Waals surface area contributed by atoms with Crippen molar-refractivity contribution in [1.82, 2.24) is 0 Å². The van der Waals surface area contributed by atoms with Gasteiger partial charge in [0.1, 0.15) is 11.9 Å². The fourth-order valence-electron chi connectivity index (χ4n) is 2.19. The highest BCUT2D eigenvalue weighted by molar-refractivity contribution is 5.41. The second kappa shape index (κ2) is 6.03. The van der Waals surface area contributed by atoms with Gasteiger partial charge in [-0.15, -0.1) is 0 Å². The van der Waals surface area contributed by atoms with E-state index in [9.17, 15) is 0 Å². The number of rotatable bonds is 4. The summed E-state index contributed by atoms with van der Waals surface area (Å²) >= 11 is 0. The first kappa shape index (κ1) is 12.4. The average molecular weight is 235 g/mol. The molecule has 1 aromatic carbocycles. The Bertz CT molecular complexity index is 359. The van der Waals surface area contributed by atoms with Crippen molar-refractivity contribution in [2.75, 3.05) is 19.8 Å². The first-order valence-electron chi connectivity index (χ1n) is 6.34. The third kappa shape index (κ3) is 3.20. The Labute approximate surface area is 103 Å². The molecule has 0 spiro atoms. The van der Waals surface area contributed by atoms with Gasteiger partial charge in [-0.25, -0.2) is 0 Å². The Balaban J connectivity index is 2.12. The molecule has 1 saturated heterocycles. The van der Waals surface area contributed by atoms with Crippen LogP contribution in [0.4, 0.5) is 0 Å². The molecule has 94 valence electrons. The van der Waals surface area contributed by atoms with E-state index in [1.165, 1.54) is 11.1 Å². The summed E-state index contributed by atoms with van der Waals surface area (Å²) in [6.45, 7) is 4.37. The number of hydrogen-bond donors (Lipinski definition) is 1. The van der Waals surface area contributed by atoms with E-state index in [0.29, 0.717) is 12.6 Å². The van der Waals surface area contributed by atoms with Gasteiger partial charge in [-0.05, 0) is 31.0 Å². The Kier molecular flexibility index (Phi) is 4.40. The summed E-state index contributed by atoms with van der Waals surface area (Å²) in [4.78, 5) is 0. The van der Waals surface area contributed by atoms with Gasteiger partial charge in [0.2, 0.25) is 0 Å². The lowest BCUT2D eigenvalue weighted by Gasteiger charge is -2.25. The number of para-hydroxylation sites is 1. The largest absolute Gasteiger partial charge is 0.490 e. The van der Waals surface area contributed by atoms with Crippen LogP contribution in [-0.4, -0.2) is 25.9 Å². The Morgan fingerprint density at radius 1 is 1.35 bits per heavy atom. The van der Waals surface area contributed by atoms with Crippen LogP contribution in [0.1, 0.15) is 24.0 Å². The highest BCUT2D eigenvalue weighted by atomic mass is 16.5. The molecular weight excluding hydrogens is 214 g/mol. The molecule has 2 N–H and O–H groups in total. The number of nitrogens with two attached hydrogens (primary N) is 1. The molecule has 2 rings (SSSR count). The van der Waals surface area contributed by atoms with E-state index in [1.807, 2.05) is 0 Å². The molecule has 1 fully saturated rings. The third-order valence-electron chi connectivity index (χ3n) is 3.16. The first-order chi connectivity index (χ1) is 8.31. The fraction of sp³-hybridized carbons (Fsp3) is 0.571. The molecule has 0 saturated carbocycles. The first-order valence-corrected chi connectivity index (χ1v) is 6.34. The lowest BCUT2D eigenvalue weighted by Crippen LogP contribution is -2.26. The van der Waals surface area contributed by atoms with Crippen molar-refractivity contribution in [3.8, 4) is 5.75 Å². The van der Waals surface area contributed by atoms with Crippen LogP contribution in [-0.2, 0) is 11.2 Å². The smallest absolute Gasteiger partial charge is 0.125 e. The van der Waals surface area contributed by atoms with E-state index in [1.54, 1.807) is 0 Å². The molecule has 17 heavy (non-hydrogen) atoms. The van der Waals surface area contributed by atoms with Crippen molar-refractivity contribution in [2.24, 2.45) is 5.73 Å². The topological polar surface area (TPSA) is 44.5 Å². The molecule has 1 heterocycles. The third-order valence-corrected chi connectivity index (χ3v) is 3.16. The molecule has 0 unspecified atom stereocenters. The summed E-state index contributed by atoms with van der Waals surface area (Å²) in [5, 5.41) is 0. The van der Waals surface area contributed by atoms with Gasteiger partial charge in [0.15, 0.2) is 0 Å². The molecule has 0 aromatic heterocycles. The van der Waals surface area contributed by atoms with E-state index in [-0.39, 0.29) is 0 Å². The quantitative estimate of drug-likeness (QED) is 0.868. The maximum atomic E-state index is 6.13. The van der Waals surface area contributed by atoms with E-state index < -0.39 is 0 Å². The average Bonchev–Trinajstić information content (AvgIpc) is 2.35. The predicted octanol–water partition coefficient (Wildman–Crippen LogP) is 2.05. The molecule has 1 aromatic rings. The number of aryl methyl sites for hydroxylation is 1. The SMILES string of the molecule is Cc1cccc(CCN)c1OC1CCOCC1. The van der Waals surface area contributed by atoms with Crippen LogP contribution < -0.4 is 10.5 Å². The van der Waals surface area contributed by atoms with Crippen LogP contribution in [0.15, 0.2) is 18.2 Å². The van der Waals surface area contributed by atoms with Crippen LogP contribution in [0.5, 0.6) is 5.75 Å². The van der Waals surface area contributed by atoms with Crippen molar-refractivity contribution < 1.29 is 9.47 Å². The minimum Gasteiger partial charge on any atom is -0.490 e. The minimum absolute atomic E-state index is 0.293. The molecule has 3 heteroatoms. The lowest BCUT2D eigenvalue weighted by molar-refractivity contribution is 0.0249. The minimum atomic E-state index is 0.293. The maximum absolute atomic E-state index is 6.13. The maximum Gasteiger partial charge on any atom is 0.125 e. The van der Waals surface area contributed by atoms with E-state index in [0.717, 1.165) is 38.2 Å². The number of hydrogen-bond acceptors (Lipinski definition) is 3. The standard InChI is InChI=1S/C14H21NO2/c1-11-3-2-4-12(5-8-15)14(11)17-13-6-9-16-10-7-13/h2-4,13H,5-10,15H2,1H3. The molecule has 1 aliphatic rings. The van der Waals surface area contributed by atoms with Gasteiger partial charge in [-0.2, -0.15) is 0 Å². The molecule has 0 radical (unpaired) electrons. The van der Waals surface area contributed by atoms with E-state index >= 15 is 0 Å². The molecule has 0 atom stereocenters. The van der Waals surface area contributed by atoms with Crippen LogP contribution in [0.3, 0.4) is 0 Å². The van der Waals surface area contributed by atoms with Crippen molar-refractivity contribution in [3.05, 3.63) is 29.3 Å². The summed E-state index contributed by atoms with van der Waals surface area (Å²) in [6.07, 6.45) is 3.13. The highest BCUT2D eigenvalue weighted by Gasteiger charge is 2.17. The summed E-state index contributed by atoms with van der Waals surface area (Å²) in [7, 11) is 0. The highest BCUT2D eigenvalue weighted by Crippen LogP contribution is 2.26. The zero-order valence-electron chi connectivity index (χ0n) is 10.4. The molecule has 0 aliphatic carbocycles. The summed E-state index contributed by atoms with van der Waals surface area (Å²) in [6, 6.07) is 6.26. The fourth-order valence-corrected chi connectivity index (χ4v) is 2.19. The molecular formula is C14H21NO2. The predicted molar refractivity (Wildman–Crippen MR) is 68.4 cm³/mol. The normalized spacial score (nSPS) is 17.1. The van der Waals surface area contributed by atoms with Gasteiger partial charge >= 0.3 is 0 Å². The van der Waals surface area contributed by atoms with E-state index in [4.69, 9.17) is 15.2 Å². The van der Waals surface area contributed by atoms with Crippen LogP contribution >= 0.6 is 0 Å². The Morgan fingerprint density at radius 3 is 2.82 bits per heavy atom. The van der Waals surface area contributed by atoms with Crippen molar-refractivity contribution in [2.45, 2.75) is 32.3 Å². The van der Waals surface area contributed by atoms with Crippen LogP contribution in [0.25, 0.3) is 0 Å². The summed E-state index contributed by atoms with van der Waals surface area (Å²) in [5.41, 5.74) is 8.06. The van der Waals surface area contributed by atoms with E-state index in [2.05, 4.69) is 25.1 Å². The molecule has 3 nitrogen and oxygen atoms in total. The lowest BCUT2D eigenvalue weighted by atomic mass is 10.1. The van der Waals surface area contributed by atoms with Gasteiger partial charge in [-0.1, -0.05) is 18.2 Å². The number of ether oxygens (including phenoxy) is 2. The second-order valence-corrected chi connectivity index (χ2v) is 4.53. The Morgan fingerprint density at radius 2 is 2.12 bits per heavy atom. The van der Waals surface area contributed by atoms with Crippen molar-refractivity contribution in [1.29, 1.82) is 0 Å².